The molecule has 3 unspecified atom stereocenters. The lowest BCUT2D eigenvalue weighted by Gasteiger charge is -2.33. The molecule has 4 heteroatoms. The van der Waals surface area contributed by atoms with E-state index in [-0.39, 0.29) is 0 Å². The molecule has 0 bridgehead atoms. The van der Waals surface area contributed by atoms with Crippen molar-refractivity contribution in [1.29, 1.82) is 0 Å². The zero-order valence-electron chi connectivity index (χ0n) is 10.9. The number of rotatable bonds is 4. The standard InChI is InChI=1S/C14H23N3O/c1-2-8-15-13(5-1)12-4-3-6-14(12)16-10-11-7-9-18-17-11/h7,9,12-16H,1-6,8,10H2. The van der Waals surface area contributed by atoms with Crippen molar-refractivity contribution in [1.82, 2.24) is 15.8 Å². The minimum atomic E-state index is 0.650. The Morgan fingerprint density at radius 3 is 3.06 bits per heavy atom. The molecule has 1 aromatic rings. The third kappa shape index (κ3) is 2.75. The Morgan fingerprint density at radius 2 is 2.28 bits per heavy atom. The van der Waals surface area contributed by atoms with Crippen molar-refractivity contribution < 1.29 is 4.52 Å². The van der Waals surface area contributed by atoms with Crippen LogP contribution in [-0.2, 0) is 6.54 Å². The van der Waals surface area contributed by atoms with Gasteiger partial charge in [0.2, 0.25) is 0 Å². The maximum atomic E-state index is 4.87. The largest absolute Gasteiger partial charge is 0.364 e. The number of nitrogens with zero attached hydrogens (tertiary/aromatic N) is 1. The molecule has 1 aromatic heterocycles. The molecule has 0 amide bonds. The van der Waals surface area contributed by atoms with Crippen LogP contribution in [0.3, 0.4) is 0 Å². The van der Waals surface area contributed by atoms with Crippen LogP contribution >= 0.6 is 0 Å². The monoisotopic (exact) mass is 249 g/mol. The van der Waals surface area contributed by atoms with Gasteiger partial charge >= 0.3 is 0 Å². The van der Waals surface area contributed by atoms with Gasteiger partial charge < -0.3 is 15.2 Å². The summed E-state index contributed by atoms with van der Waals surface area (Å²) in [7, 11) is 0. The van der Waals surface area contributed by atoms with Crippen LogP contribution in [0.2, 0.25) is 0 Å². The molecule has 100 valence electrons. The summed E-state index contributed by atoms with van der Waals surface area (Å²) in [6.07, 6.45) is 9.78. The fourth-order valence-electron chi connectivity index (χ4n) is 3.53. The molecule has 3 atom stereocenters. The fraction of sp³-hybridized carbons (Fsp3) is 0.786. The molecule has 3 rings (SSSR count). The summed E-state index contributed by atoms with van der Waals surface area (Å²) in [5.41, 5.74) is 1.01. The van der Waals surface area contributed by atoms with Gasteiger partial charge in [0.05, 0.1) is 5.69 Å². The zero-order chi connectivity index (χ0) is 12.2. The highest BCUT2D eigenvalue weighted by atomic mass is 16.5. The Labute approximate surface area is 108 Å². The molecule has 2 aliphatic rings. The molecule has 0 spiro atoms. The average Bonchev–Trinajstić information content (AvgIpc) is 3.09. The Kier molecular flexibility index (Phi) is 3.96. The van der Waals surface area contributed by atoms with Crippen LogP contribution in [-0.4, -0.2) is 23.8 Å². The lowest BCUT2D eigenvalue weighted by Crippen LogP contribution is -2.46. The lowest BCUT2D eigenvalue weighted by molar-refractivity contribution is 0.255. The van der Waals surface area contributed by atoms with E-state index in [9.17, 15) is 0 Å². The highest BCUT2D eigenvalue weighted by Crippen LogP contribution is 2.31. The second kappa shape index (κ2) is 5.85. The highest BCUT2D eigenvalue weighted by molar-refractivity contribution is 4.97. The Morgan fingerprint density at radius 1 is 1.28 bits per heavy atom. The van der Waals surface area contributed by atoms with Crippen molar-refractivity contribution in [2.45, 2.75) is 57.2 Å². The predicted octanol–water partition coefficient (Wildman–Crippen LogP) is 2.08. The van der Waals surface area contributed by atoms with E-state index in [1.165, 1.54) is 45.1 Å². The van der Waals surface area contributed by atoms with Gasteiger partial charge in [-0.2, -0.15) is 0 Å². The SMILES string of the molecule is c1cc(CNC2CCCC2C2CCCCN2)no1. The van der Waals surface area contributed by atoms with Crippen molar-refractivity contribution in [2.75, 3.05) is 6.54 Å². The summed E-state index contributed by atoms with van der Waals surface area (Å²) in [6.45, 7) is 2.04. The van der Waals surface area contributed by atoms with Crippen molar-refractivity contribution in [2.24, 2.45) is 5.92 Å². The topological polar surface area (TPSA) is 50.1 Å². The Hall–Kier alpha value is -0.870. The van der Waals surface area contributed by atoms with Crippen LogP contribution in [0.5, 0.6) is 0 Å². The molecule has 18 heavy (non-hydrogen) atoms. The van der Waals surface area contributed by atoms with Crippen LogP contribution in [0.4, 0.5) is 0 Å². The van der Waals surface area contributed by atoms with Gasteiger partial charge in [0.15, 0.2) is 0 Å². The fourth-order valence-corrected chi connectivity index (χ4v) is 3.53. The van der Waals surface area contributed by atoms with Gasteiger partial charge in [-0.15, -0.1) is 0 Å². The molecule has 0 aromatic carbocycles. The molecule has 1 aliphatic heterocycles. The normalized spacial score (nSPS) is 32.8. The van der Waals surface area contributed by atoms with Gasteiger partial charge in [0.1, 0.15) is 6.26 Å². The third-order valence-corrected chi connectivity index (χ3v) is 4.47. The van der Waals surface area contributed by atoms with E-state index in [0.29, 0.717) is 6.04 Å². The van der Waals surface area contributed by atoms with Gasteiger partial charge in [0, 0.05) is 24.7 Å². The van der Waals surface area contributed by atoms with E-state index in [2.05, 4.69) is 15.8 Å². The summed E-state index contributed by atoms with van der Waals surface area (Å²) in [5, 5.41) is 11.3. The van der Waals surface area contributed by atoms with Crippen molar-refractivity contribution in [3.63, 3.8) is 0 Å². The van der Waals surface area contributed by atoms with Gasteiger partial charge in [-0.05, 0) is 38.1 Å². The maximum absolute atomic E-state index is 4.87. The quantitative estimate of drug-likeness (QED) is 0.857. The number of hydrogen-bond acceptors (Lipinski definition) is 4. The van der Waals surface area contributed by atoms with E-state index in [4.69, 9.17) is 4.52 Å². The minimum absolute atomic E-state index is 0.650. The van der Waals surface area contributed by atoms with E-state index < -0.39 is 0 Å². The first-order valence-corrected chi connectivity index (χ1v) is 7.29. The summed E-state index contributed by atoms with van der Waals surface area (Å²) in [4.78, 5) is 0. The van der Waals surface area contributed by atoms with Gasteiger partial charge in [0.25, 0.3) is 0 Å². The molecule has 2 heterocycles. The van der Waals surface area contributed by atoms with Gasteiger partial charge in [-0.3, -0.25) is 0 Å². The van der Waals surface area contributed by atoms with Crippen LogP contribution in [0.1, 0.15) is 44.2 Å². The predicted molar refractivity (Wildman–Crippen MR) is 70.1 cm³/mol. The summed E-state index contributed by atoms with van der Waals surface area (Å²) in [5.74, 6) is 0.803. The third-order valence-electron chi connectivity index (χ3n) is 4.47. The second-order valence-corrected chi connectivity index (χ2v) is 5.63. The zero-order valence-corrected chi connectivity index (χ0v) is 10.9. The summed E-state index contributed by atoms with van der Waals surface area (Å²) >= 11 is 0. The second-order valence-electron chi connectivity index (χ2n) is 5.63. The molecule has 4 nitrogen and oxygen atoms in total. The van der Waals surface area contributed by atoms with E-state index in [0.717, 1.165) is 24.2 Å². The number of hydrogen-bond donors (Lipinski definition) is 2. The van der Waals surface area contributed by atoms with Crippen LogP contribution in [0.15, 0.2) is 16.9 Å². The smallest absolute Gasteiger partial charge is 0.124 e. The first-order chi connectivity index (χ1) is 8.93. The maximum Gasteiger partial charge on any atom is 0.124 e. The molecule has 2 N–H and O–H groups in total. The average molecular weight is 249 g/mol. The molecular formula is C14H23N3O. The Balaban J connectivity index is 1.53. The van der Waals surface area contributed by atoms with Crippen molar-refractivity contribution in [3.8, 4) is 0 Å². The molecule has 0 radical (unpaired) electrons. The first kappa shape index (κ1) is 12.2. The van der Waals surface area contributed by atoms with E-state index in [1.807, 2.05) is 6.07 Å². The van der Waals surface area contributed by atoms with E-state index >= 15 is 0 Å². The molecule has 2 fully saturated rings. The lowest BCUT2D eigenvalue weighted by atomic mass is 9.88. The molecular weight excluding hydrogens is 226 g/mol. The summed E-state index contributed by atoms with van der Waals surface area (Å²) < 4.78 is 4.87. The first-order valence-electron chi connectivity index (χ1n) is 7.29. The van der Waals surface area contributed by atoms with Crippen LogP contribution < -0.4 is 10.6 Å². The Bertz CT molecular complexity index is 346. The van der Waals surface area contributed by atoms with Crippen LogP contribution in [0.25, 0.3) is 0 Å². The van der Waals surface area contributed by atoms with Crippen molar-refractivity contribution >= 4 is 0 Å². The molecule has 1 saturated heterocycles. The minimum Gasteiger partial charge on any atom is -0.364 e. The van der Waals surface area contributed by atoms with Gasteiger partial charge in [-0.25, -0.2) is 0 Å². The number of piperidine rings is 1. The molecule has 1 aliphatic carbocycles. The highest BCUT2D eigenvalue weighted by Gasteiger charge is 2.33. The van der Waals surface area contributed by atoms with Crippen molar-refractivity contribution in [3.05, 3.63) is 18.0 Å². The summed E-state index contributed by atoms with van der Waals surface area (Å²) in [6, 6.07) is 3.32. The number of aromatic nitrogens is 1. The van der Waals surface area contributed by atoms with Crippen LogP contribution in [0, 0.1) is 5.92 Å². The van der Waals surface area contributed by atoms with E-state index in [1.54, 1.807) is 6.26 Å². The molecule has 1 saturated carbocycles. The number of nitrogens with one attached hydrogen (secondary N) is 2. The van der Waals surface area contributed by atoms with Gasteiger partial charge in [-0.1, -0.05) is 18.0 Å².